The van der Waals surface area contributed by atoms with E-state index in [4.69, 9.17) is 4.42 Å². The number of fused-ring (bicyclic) bond motifs is 1. The molecule has 0 spiro atoms. The number of anilines is 1. The Kier molecular flexibility index (Phi) is 3.51. The molecule has 1 aliphatic rings. The molecule has 7 nitrogen and oxygen atoms in total. The molecule has 2 N–H and O–H groups in total. The quantitative estimate of drug-likeness (QED) is 0.660. The summed E-state index contributed by atoms with van der Waals surface area (Å²) in [5.74, 6) is 0. The van der Waals surface area contributed by atoms with E-state index in [0.29, 0.717) is 17.1 Å². The van der Waals surface area contributed by atoms with Gasteiger partial charge in [-0.3, -0.25) is 10.1 Å². The van der Waals surface area contributed by atoms with Gasteiger partial charge in [-0.1, -0.05) is 12.5 Å². The average Bonchev–Trinajstić information content (AvgIpc) is 2.65. The van der Waals surface area contributed by atoms with E-state index >= 15 is 0 Å². The Bertz CT molecular complexity index is 617. The zero-order valence-corrected chi connectivity index (χ0v) is 11.0. The van der Waals surface area contributed by atoms with Crippen LogP contribution in [0, 0.1) is 10.1 Å². The predicted molar refractivity (Wildman–Crippen MR) is 74.8 cm³/mol. The van der Waals surface area contributed by atoms with E-state index < -0.39 is 4.92 Å². The SMILES string of the molecule is O=[N+]([O-])c1cccc2oc(NC3CCCCNC3)nc12. The van der Waals surface area contributed by atoms with E-state index in [9.17, 15) is 10.1 Å². The van der Waals surface area contributed by atoms with Crippen molar-refractivity contribution in [2.24, 2.45) is 0 Å². The zero-order chi connectivity index (χ0) is 13.9. The number of rotatable bonds is 3. The number of oxazole rings is 1. The summed E-state index contributed by atoms with van der Waals surface area (Å²) < 4.78 is 5.55. The highest BCUT2D eigenvalue weighted by atomic mass is 16.6. The standard InChI is InChI=1S/C13H16N4O3/c18-17(19)10-5-3-6-11-12(10)16-13(20-11)15-9-4-1-2-7-14-8-9/h3,5-6,9,14H,1-2,4,7-8H2,(H,15,16). The minimum Gasteiger partial charge on any atom is -0.423 e. The Morgan fingerprint density at radius 1 is 1.45 bits per heavy atom. The normalized spacial score (nSPS) is 19.7. The van der Waals surface area contributed by atoms with Crippen LogP contribution in [-0.4, -0.2) is 29.0 Å². The maximum Gasteiger partial charge on any atom is 0.298 e. The Balaban J connectivity index is 1.85. The highest BCUT2D eigenvalue weighted by Crippen LogP contribution is 2.27. The molecule has 1 unspecified atom stereocenters. The fourth-order valence-electron chi connectivity index (χ4n) is 2.46. The number of nitro groups is 1. The molecule has 20 heavy (non-hydrogen) atoms. The molecule has 1 fully saturated rings. The first-order valence-corrected chi connectivity index (χ1v) is 6.75. The Morgan fingerprint density at radius 2 is 2.35 bits per heavy atom. The third kappa shape index (κ3) is 2.57. The smallest absolute Gasteiger partial charge is 0.298 e. The van der Waals surface area contributed by atoms with Crippen LogP contribution in [0.25, 0.3) is 11.1 Å². The van der Waals surface area contributed by atoms with E-state index in [1.165, 1.54) is 6.07 Å². The van der Waals surface area contributed by atoms with Crippen LogP contribution in [0.2, 0.25) is 0 Å². The van der Waals surface area contributed by atoms with Crippen LogP contribution in [-0.2, 0) is 0 Å². The molecule has 2 heterocycles. The molecular formula is C13H16N4O3. The lowest BCUT2D eigenvalue weighted by Crippen LogP contribution is -2.30. The molecular weight excluding hydrogens is 260 g/mol. The van der Waals surface area contributed by atoms with Gasteiger partial charge in [0.1, 0.15) is 0 Å². The van der Waals surface area contributed by atoms with Crippen molar-refractivity contribution in [2.75, 3.05) is 18.4 Å². The average molecular weight is 276 g/mol. The highest BCUT2D eigenvalue weighted by Gasteiger charge is 2.19. The van der Waals surface area contributed by atoms with Crippen molar-refractivity contribution in [2.45, 2.75) is 25.3 Å². The zero-order valence-electron chi connectivity index (χ0n) is 11.0. The third-order valence-electron chi connectivity index (χ3n) is 3.47. The second kappa shape index (κ2) is 5.46. The topological polar surface area (TPSA) is 93.2 Å². The molecule has 0 aliphatic carbocycles. The summed E-state index contributed by atoms with van der Waals surface area (Å²) >= 11 is 0. The number of hydrogen-bond acceptors (Lipinski definition) is 6. The van der Waals surface area contributed by atoms with E-state index in [0.717, 1.165) is 32.4 Å². The van der Waals surface area contributed by atoms with E-state index in [2.05, 4.69) is 15.6 Å². The molecule has 0 amide bonds. The number of benzene rings is 1. The molecule has 3 rings (SSSR count). The minimum absolute atomic E-state index is 0.0294. The van der Waals surface area contributed by atoms with Gasteiger partial charge in [0.2, 0.25) is 0 Å². The summed E-state index contributed by atoms with van der Waals surface area (Å²) in [6.07, 6.45) is 3.34. The van der Waals surface area contributed by atoms with E-state index in [1.807, 2.05) is 0 Å². The maximum absolute atomic E-state index is 11.0. The third-order valence-corrected chi connectivity index (χ3v) is 3.47. The first-order chi connectivity index (χ1) is 9.74. The Morgan fingerprint density at radius 3 is 3.20 bits per heavy atom. The number of hydrogen-bond donors (Lipinski definition) is 2. The molecule has 0 radical (unpaired) electrons. The van der Waals surface area contributed by atoms with Gasteiger partial charge in [0, 0.05) is 18.7 Å². The van der Waals surface area contributed by atoms with Crippen LogP contribution in [0.5, 0.6) is 0 Å². The van der Waals surface area contributed by atoms with Gasteiger partial charge < -0.3 is 15.1 Å². The summed E-state index contributed by atoms with van der Waals surface area (Å²) in [4.78, 5) is 14.7. The molecule has 0 bridgehead atoms. The fourth-order valence-corrected chi connectivity index (χ4v) is 2.46. The van der Waals surface area contributed by atoms with E-state index in [-0.39, 0.29) is 11.7 Å². The lowest BCUT2D eigenvalue weighted by atomic mass is 10.1. The van der Waals surface area contributed by atoms with Crippen LogP contribution in [0.15, 0.2) is 22.6 Å². The monoisotopic (exact) mass is 276 g/mol. The number of non-ortho nitro benzene ring substituents is 1. The first kappa shape index (κ1) is 12.9. The molecule has 2 aromatic rings. The Labute approximate surface area is 115 Å². The number of nitrogens with one attached hydrogen (secondary N) is 2. The number of nitrogens with zero attached hydrogens (tertiary/aromatic N) is 2. The van der Waals surface area contributed by atoms with Crippen LogP contribution >= 0.6 is 0 Å². The number of nitro benzene ring substituents is 1. The van der Waals surface area contributed by atoms with Crippen LogP contribution in [0.1, 0.15) is 19.3 Å². The van der Waals surface area contributed by atoms with Gasteiger partial charge in [0.25, 0.3) is 11.7 Å². The predicted octanol–water partition coefficient (Wildman–Crippen LogP) is 2.29. The van der Waals surface area contributed by atoms with Gasteiger partial charge in [0.05, 0.1) is 4.92 Å². The summed E-state index contributed by atoms with van der Waals surface area (Å²) in [7, 11) is 0. The molecule has 0 saturated carbocycles. The van der Waals surface area contributed by atoms with Crippen molar-refractivity contribution >= 4 is 22.8 Å². The molecule has 1 aromatic heterocycles. The molecule has 7 heteroatoms. The molecule has 1 aliphatic heterocycles. The van der Waals surface area contributed by atoms with Gasteiger partial charge in [-0.05, 0) is 25.5 Å². The van der Waals surface area contributed by atoms with Gasteiger partial charge in [-0.25, -0.2) is 0 Å². The van der Waals surface area contributed by atoms with Crippen LogP contribution in [0.4, 0.5) is 11.7 Å². The lowest BCUT2D eigenvalue weighted by Gasteiger charge is -2.14. The van der Waals surface area contributed by atoms with Gasteiger partial charge in [-0.2, -0.15) is 4.98 Å². The number of para-hydroxylation sites is 1. The molecule has 106 valence electrons. The van der Waals surface area contributed by atoms with Crippen molar-refractivity contribution in [1.29, 1.82) is 0 Å². The van der Waals surface area contributed by atoms with Crippen LogP contribution < -0.4 is 10.6 Å². The van der Waals surface area contributed by atoms with Gasteiger partial charge in [-0.15, -0.1) is 0 Å². The van der Waals surface area contributed by atoms with Crippen molar-refractivity contribution < 1.29 is 9.34 Å². The summed E-state index contributed by atoms with van der Waals surface area (Å²) in [5.41, 5.74) is 0.697. The summed E-state index contributed by atoms with van der Waals surface area (Å²) in [6, 6.07) is 5.31. The lowest BCUT2D eigenvalue weighted by molar-refractivity contribution is -0.383. The van der Waals surface area contributed by atoms with Crippen molar-refractivity contribution in [3.05, 3.63) is 28.3 Å². The first-order valence-electron chi connectivity index (χ1n) is 6.75. The highest BCUT2D eigenvalue weighted by molar-refractivity contribution is 5.84. The summed E-state index contributed by atoms with van der Waals surface area (Å²) in [5, 5.41) is 17.5. The summed E-state index contributed by atoms with van der Waals surface area (Å²) in [6.45, 7) is 1.87. The maximum atomic E-state index is 11.0. The fraction of sp³-hybridized carbons (Fsp3) is 0.462. The van der Waals surface area contributed by atoms with Crippen molar-refractivity contribution in [1.82, 2.24) is 10.3 Å². The second-order valence-electron chi connectivity index (χ2n) is 4.94. The van der Waals surface area contributed by atoms with Gasteiger partial charge in [0.15, 0.2) is 11.1 Å². The number of aromatic nitrogens is 1. The Hall–Kier alpha value is -2.15. The largest absolute Gasteiger partial charge is 0.423 e. The van der Waals surface area contributed by atoms with Crippen LogP contribution in [0.3, 0.4) is 0 Å². The second-order valence-corrected chi connectivity index (χ2v) is 4.94. The van der Waals surface area contributed by atoms with E-state index in [1.54, 1.807) is 12.1 Å². The minimum atomic E-state index is -0.443. The van der Waals surface area contributed by atoms with Crippen molar-refractivity contribution in [3.63, 3.8) is 0 Å². The van der Waals surface area contributed by atoms with Crippen molar-refractivity contribution in [3.8, 4) is 0 Å². The molecule has 1 saturated heterocycles. The van der Waals surface area contributed by atoms with Gasteiger partial charge >= 0.3 is 0 Å². The molecule has 1 atom stereocenters. The molecule has 1 aromatic carbocycles.